The van der Waals surface area contributed by atoms with E-state index < -0.39 is 5.72 Å². The van der Waals surface area contributed by atoms with E-state index in [-0.39, 0.29) is 11.8 Å². The molecule has 1 aromatic rings. The summed E-state index contributed by atoms with van der Waals surface area (Å²) in [7, 11) is 0. The second kappa shape index (κ2) is 4.73. The van der Waals surface area contributed by atoms with E-state index in [1.54, 1.807) is 0 Å². The zero-order valence-electron chi connectivity index (χ0n) is 13.4. The van der Waals surface area contributed by atoms with Crippen LogP contribution in [0.25, 0.3) is 0 Å². The number of nitrogens with zero attached hydrogens (tertiary/aromatic N) is 1. The SMILES string of the molecule is C[C@H]1C[C@]2(c3ccc(Cl)cc3)OC[C@H]3[C@@H]4CC[C@@H](C4)[C@H]3N2C1=O. The summed E-state index contributed by atoms with van der Waals surface area (Å²) in [6.07, 6.45) is 4.64. The van der Waals surface area contributed by atoms with Crippen molar-refractivity contribution in [3.63, 3.8) is 0 Å². The zero-order chi connectivity index (χ0) is 15.8. The molecule has 0 N–H and O–H groups in total. The molecule has 6 atom stereocenters. The first-order valence-corrected chi connectivity index (χ1v) is 9.21. The second-order valence-electron chi connectivity index (χ2n) is 7.90. The van der Waals surface area contributed by atoms with Crippen molar-refractivity contribution >= 4 is 17.5 Å². The van der Waals surface area contributed by atoms with Gasteiger partial charge in [-0.15, -0.1) is 0 Å². The van der Waals surface area contributed by atoms with Crippen molar-refractivity contribution < 1.29 is 9.53 Å². The van der Waals surface area contributed by atoms with Gasteiger partial charge in [-0.25, -0.2) is 0 Å². The molecule has 4 fully saturated rings. The van der Waals surface area contributed by atoms with Crippen molar-refractivity contribution in [2.75, 3.05) is 6.61 Å². The van der Waals surface area contributed by atoms with Gasteiger partial charge in [0.25, 0.3) is 0 Å². The molecule has 122 valence electrons. The Morgan fingerprint density at radius 3 is 2.74 bits per heavy atom. The van der Waals surface area contributed by atoms with E-state index in [9.17, 15) is 4.79 Å². The summed E-state index contributed by atoms with van der Waals surface area (Å²) in [5.74, 6) is 2.29. The summed E-state index contributed by atoms with van der Waals surface area (Å²) in [6, 6.07) is 8.28. The molecule has 0 radical (unpaired) electrons. The number of hydrogen-bond acceptors (Lipinski definition) is 2. The number of ether oxygens (including phenoxy) is 1. The van der Waals surface area contributed by atoms with Crippen LogP contribution in [-0.2, 0) is 15.3 Å². The number of rotatable bonds is 1. The number of fused-ring (bicyclic) bond motifs is 7. The molecule has 2 bridgehead atoms. The Bertz CT molecular complexity index is 660. The molecule has 1 amide bonds. The molecule has 0 unspecified atom stereocenters. The van der Waals surface area contributed by atoms with Gasteiger partial charge in [0.05, 0.1) is 6.61 Å². The molecule has 5 rings (SSSR count). The Hall–Kier alpha value is -1.06. The van der Waals surface area contributed by atoms with Gasteiger partial charge >= 0.3 is 0 Å². The van der Waals surface area contributed by atoms with Gasteiger partial charge in [-0.3, -0.25) is 4.79 Å². The van der Waals surface area contributed by atoms with Gasteiger partial charge in [-0.1, -0.05) is 30.7 Å². The standard InChI is InChI=1S/C19H22ClNO2/c1-11-9-19(14-4-6-15(20)7-5-14)21(18(11)22)17-13-3-2-12(8-13)16(17)10-23-19/h4-7,11-13,16-17H,2-3,8-10H2,1H3/t11-,12+,13-,16-,17+,19+/m0/s1. The highest BCUT2D eigenvalue weighted by Gasteiger charge is 2.63. The molecule has 23 heavy (non-hydrogen) atoms. The third kappa shape index (κ3) is 1.78. The summed E-state index contributed by atoms with van der Waals surface area (Å²) in [5, 5.41) is 0.725. The molecule has 2 aliphatic heterocycles. The van der Waals surface area contributed by atoms with Crippen LogP contribution in [0.5, 0.6) is 0 Å². The van der Waals surface area contributed by atoms with Crippen molar-refractivity contribution in [2.24, 2.45) is 23.7 Å². The van der Waals surface area contributed by atoms with Crippen molar-refractivity contribution in [1.82, 2.24) is 4.90 Å². The van der Waals surface area contributed by atoms with E-state index >= 15 is 0 Å². The number of carbonyl (C=O) groups is 1. The predicted octanol–water partition coefficient (Wildman–Crippen LogP) is 3.81. The van der Waals surface area contributed by atoms with Crippen LogP contribution < -0.4 is 0 Å². The minimum Gasteiger partial charge on any atom is -0.351 e. The average molecular weight is 332 g/mol. The maximum atomic E-state index is 13.0. The summed E-state index contributed by atoms with van der Waals surface area (Å²) >= 11 is 6.07. The molecule has 0 spiro atoms. The molecule has 2 saturated heterocycles. The molecule has 4 heteroatoms. The van der Waals surface area contributed by atoms with Gasteiger partial charge < -0.3 is 9.64 Å². The predicted molar refractivity (Wildman–Crippen MR) is 87.8 cm³/mol. The monoisotopic (exact) mass is 331 g/mol. The Morgan fingerprint density at radius 2 is 1.96 bits per heavy atom. The minimum absolute atomic E-state index is 0.0311. The zero-order valence-corrected chi connectivity index (χ0v) is 14.1. The third-order valence-electron chi connectivity index (χ3n) is 6.78. The third-order valence-corrected chi connectivity index (χ3v) is 7.03. The lowest BCUT2D eigenvalue weighted by molar-refractivity contribution is -0.223. The van der Waals surface area contributed by atoms with Gasteiger partial charge in [0, 0.05) is 34.9 Å². The fraction of sp³-hybridized carbons (Fsp3) is 0.632. The first kappa shape index (κ1) is 14.3. The summed E-state index contributed by atoms with van der Waals surface area (Å²) in [6.45, 7) is 2.84. The lowest BCUT2D eigenvalue weighted by Gasteiger charge is -2.52. The van der Waals surface area contributed by atoms with Gasteiger partial charge in [0.1, 0.15) is 0 Å². The van der Waals surface area contributed by atoms with Crippen LogP contribution in [-0.4, -0.2) is 23.5 Å². The number of benzene rings is 1. The van der Waals surface area contributed by atoms with E-state index in [2.05, 4.69) is 4.90 Å². The van der Waals surface area contributed by atoms with E-state index in [0.29, 0.717) is 17.9 Å². The topological polar surface area (TPSA) is 29.5 Å². The van der Waals surface area contributed by atoms with Gasteiger partial charge in [0.15, 0.2) is 5.72 Å². The summed E-state index contributed by atoms with van der Waals surface area (Å²) < 4.78 is 6.48. The number of halogens is 1. The van der Waals surface area contributed by atoms with Crippen molar-refractivity contribution in [2.45, 2.75) is 44.4 Å². The van der Waals surface area contributed by atoms with E-state index in [4.69, 9.17) is 16.3 Å². The van der Waals surface area contributed by atoms with Crippen LogP contribution in [0.3, 0.4) is 0 Å². The minimum atomic E-state index is -0.563. The number of carbonyl (C=O) groups excluding carboxylic acids is 1. The van der Waals surface area contributed by atoms with E-state index in [0.717, 1.165) is 29.5 Å². The van der Waals surface area contributed by atoms with Crippen LogP contribution >= 0.6 is 11.6 Å². The van der Waals surface area contributed by atoms with Gasteiger partial charge in [-0.2, -0.15) is 0 Å². The normalized spacial score (nSPS) is 44.5. The maximum Gasteiger partial charge on any atom is 0.228 e. The molecule has 1 aromatic carbocycles. The molecular weight excluding hydrogens is 310 g/mol. The molecule has 2 aliphatic carbocycles. The fourth-order valence-corrected chi connectivity index (χ4v) is 5.96. The van der Waals surface area contributed by atoms with Crippen LogP contribution in [0.1, 0.15) is 38.2 Å². The van der Waals surface area contributed by atoms with Gasteiger partial charge in [-0.05, 0) is 43.2 Å². The molecule has 0 aromatic heterocycles. The van der Waals surface area contributed by atoms with Crippen molar-refractivity contribution in [3.8, 4) is 0 Å². The molecule has 2 saturated carbocycles. The average Bonchev–Trinajstić information content (AvgIpc) is 3.22. The van der Waals surface area contributed by atoms with Crippen LogP contribution in [0, 0.1) is 23.7 Å². The Labute approximate surface area is 141 Å². The van der Waals surface area contributed by atoms with Crippen LogP contribution in [0.15, 0.2) is 24.3 Å². The number of amides is 1. The lowest BCUT2D eigenvalue weighted by Crippen LogP contribution is -2.60. The maximum absolute atomic E-state index is 13.0. The van der Waals surface area contributed by atoms with Gasteiger partial charge in [0.2, 0.25) is 5.91 Å². The van der Waals surface area contributed by atoms with Crippen LogP contribution in [0.4, 0.5) is 0 Å². The van der Waals surface area contributed by atoms with Crippen molar-refractivity contribution in [3.05, 3.63) is 34.9 Å². The van der Waals surface area contributed by atoms with Crippen LogP contribution in [0.2, 0.25) is 5.02 Å². The highest BCUT2D eigenvalue weighted by molar-refractivity contribution is 6.30. The lowest BCUT2D eigenvalue weighted by atomic mass is 9.81. The quantitative estimate of drug-likeness (QED) is 0.783. The van der Waals surface area contributed by atoms with E-state index in [1.807, 2.05) is 31.2 Å². The molecule has 2 heterocycles. The second-order valence-corrected chi connectivity index (χ2v) is 8.34. The molecular formula is C19H22ClNO2. The first-order valence-electron chi connectivity index (χ1n) is 8.83. The number of hydrogen-bond donors (Lipinski definition) is 0. The smallest absolute Gasteiger partial charge is 0.228 e. The molecule has 3 nitrogen and oxygen atoms in total. The van der Waals surface area contributed by atoms with Crippen molar-refractivity contribution in [1.29, 1.82) is 0 Å². The summed E-state index contributed by atoms with van der Waals surface area (Å²) in [5.41, 5.74) is 0.521. The summed E-state index contributed by atoms with van der Waals surface area (Å²) in [4.78, 5) is 15.2. The highest BCUT2D eigenvalue weighted by Crippen LogP contribution is 2.59. The Kier molecular flexibility index (Phi) is 2.94. The Balaban J connectivity index is 1.62. The molecule has 4 aliphatic rings. The fourth-order valence-electron chi connectivity index (χ4n) is 5.83. The highest BCUT2D eigenvalue weighted by atomic mass is 35.5. The van der Waals surface area contributed by atoms with E-state index in [1.165, 1.54) is 19.3 Å². The Morgan fingerprint density at radius 1 is 1.22 bits per heavy atom. The first-order chi connectivity index (χ1) is 11.1. The largest absolute Gasteiger partial charge is 0.351 e.